The van der Waals surface area contributed by atoms with Gasteiger partial charge in [0.25, 0.3) is 5.56 Å². The van der Waals surface area contributed by atoms with Crippen LogP contribution in [0.25, 0.3) is 11.4 Å². The van der Waals surface area contributed by atoms with Crippen molar-refractivity contribution in [1.82, 2.24) is 15.1 Å². The van der Waals surface area contributed by atoms with E-state index in [2.05, 4.69) is 33.5 Å². The molecule has 8 heteroatoms. The van der Waals surface area contributed by atoms with Crippen LogP contribution >= 0.6 is 0 Å². The van der Waals surface area contributed by atoms with Gasteiger partial charge in [0.15, 0.2) is 0 Å². The lowest BCUT2D eigenvalue weighted by Gasteiger charge is -2.06. The van der Waals surface area contributed by atoms with Crippen molar-refractivity contribution in [2.75, 3.05) is 0 Å². The van der Waals surface area contributed by atoms with Crippen LogP contribution in [0.5, 0.6) is 0 Å². The Bertz CT molecular complexity index is 761. The van der Waals surface area contributed by atoms with Crippen molar-refractivity contribution in [1.29, 1.82) is 0 Å². The van der Waals surface area contributed by atoms with E-state index in [-0.39, 0.29) is 22.4 Å². The lowest BCUT2D eigenvalue weighted by molar-refractivity contribution is -0.159. The van der Waals surface area contributed by atoms with Gasteiger partial charge in [-0.25, -0.2) is 0 Å². The van der Waals surface area contributed by atoms with E-state index in [0.717, 1.165) is 6.42 Å². The number of aromatic amines is 1. The Morgan fingerprint density at radius 1 is 1.45 bits per heavy atom. The van der Waals surface area contributed by atoms with Crippen LogP contribution in [0.2, 0.25) is 0 Å². The van der Waals surface area contributed by atoms with Crippen molar-refractivity contribution in [2.24, 2.45) is 11.3 Å². The highest BCUT2D eigenvalue weighted by Crippen LogP contribution is 2.53. The lowest BCUT2D eigenvalue weighted by atomic mass is 10.00. The topological polar surface area (TPSA) is 71.8 Å². The minimum atomic E-state index is -4.70. The molecule has 0 amide bonds. The van der Waals surface area contributed by atoms with Crippen molar-refractivity contribution >= 4 is 0 Å². The molecule has 1 atom stereocenters. The molecule has 0 aliphatic heterocycles. The highest BCUT2D eigenvalue weighted by Gasteiger charge is 2.46. The largest absolute Gasteiger partial charge is 0.471 e. The summed E-state index contributed by atoms with van der Waals surface area (Å²) in [4.78, 5) is 17.9. The molecule has 2 aromatic heterocycles. The number of hydrogen-bond donors (Lipinski definition) is 1. The van der Waals surface area contributed by atoms with Gasteiger partial charge in [-0.1, -0.05) is 19.0 Å². The standard InChI is InChI=1S/C14H14F3N3O2/c1-13(2)6-7(13)5-9-8(3-4-18-11(9)21)10-19-12(22-20-10)14(15,16)17/h3-4,7H,5-6H2,1-2H3,(H,18,21). The Hall–Kier alpha value is -2.12. The minimum absolute atomic E-state index is 0.147. The maximum atomic E-state index is 12.6. The van der Waals surface area contributed by atoms with E-state index in [1.165, 1.54) is 12.3 Å². The molecule has 0 saturated heterocycles. The highest BCUT2D eigenvalue weighted by molar-refractivity contribution is 5.58. The number of rotatable bonds is 3. The number of aromatic nitrogens is 3. The number of nitrogens with zero attached hydrogens (tertiary/aromatic N) is 2. The predicted molar refractivity (Wildman–Crippen MR) is 70.9 cm³/mol. The van der Waals surface area contributed by atoms with E-state index < -0.39 is 12.1 Å². The fourth-order valence-electron chi connectivity index (χ4n) is 2.54. The number of nitrogens with one attached hydrogen (secondary N) is 1. The molecule has 0 aromatic carbocycles. The van der Waals surface area contributed by atoms with Gasteiger partial charge in [-0.15, -0.1) is 0 Å². The second-order valence-electron chi connectivity index (χ2n) is 6.21. The molecular formula is C14H14F3N3O2. The molecule has 0 radical (unpaired) electrons. The maximum absolute atomic E-state index is 12.6. The molecule has 2 aromatic rings. The first-order chi connectivity index (χ1) is 10.2. The molecule has 0 spiro atoms. The number of pyridine rings is 1. The zero-order valence-corrected chi connectivity index (χ0v) is 12.0. The highest BCUT2D eigenvalue weighted by atomic mass is 19.4. The van der Waals surface area contributed by atoms with Gasteiger partial charge in [-0.3, -0.25) is 4.79 Å². The average Bonchev–Trinajstić information content (AvgIpc) is 2.84. The molecule has 118 valence electrons. The van der Waals surface area contributed by atoms with E-state index in [0.29, 0.717) is 17.9 Å². The van der Waals surface area contributed by atoms with E-state index in [9.17, 15) is 18.0 Å². The van der Waals surface area contributed by atoms with Crippen molar-refractivity contribution < 1.29 is 17.7 Å². The van der Waals surface area contributed by atoms with Crippen molar-refractivity contribution in [3.63, 3.8) is 0 Å². The molecule has 1 fully saturated rings. The molecule has 5 nitrogen and oxygen atoms in total. The van der Waals surface area contributed by atoms with Crippen LogP contribution in [0.4, 0.5) is 13.2 Å². The van der Waals surface area contributed by atoms with Gasteiger partial charge in [0.1, 0.15) is 0 Å². The fourth-order valence-corrected chi connectivity index (χ4v) is 2.54. The number of halogens is 3. The second-order valence-corrected chi connectivity index (χ2v) is 6.21. The van der Waals surface area contributed by atoms with Crippen LogP contribution in [0, 0.1) is 11.3 Å². The normalized spacial score (nSPS) is 20.1. The van der Waals surface area contributed by atoms with E-state index in [1.807, 2.05) is 0 Å². The Morgan fingerprint density at radius 2 is 2.14 bits per heavy atom. The summed E-state index contributed by atoms with van der Waals surface area (Å²) in [6, 6.07) is 1.50. The molecule has 2 heterocycles. The van der Waals surface area contributed by atoms with Gasteiger partial charge in [0.05, 0.1) is 0 Å². The van der Waals surface area contributed by atoms with E-state index >= 15 is 0 Å². The molecule has 1 aliphatic rings. The summed E-state index contributed by atoms with van der Waals surface area (Å²) >= 11 is 0. The molecule has 0 bridgehead atoms. The third-order valence-electron chi connectivity index (χ3n) is 4.14. The predicted octanol–water partition coefficient (Wildman–Crippen LogP) is 3.03. The monoisotopic (exact) mass is 313 g/mol. The average molecular weight is 313 g/mol. The van der Waals surface area contributed by atoms with Crippen molar-refractivity contribution in [3.05, 3.63) is 34.1 Å². The van der Waals surface area contributed by atoms with Crippen LogP contribution in [0.3, 0.4) is 0 Å². The summed E-state index contributed by atoms with van der Waals surface area (Å²) in [5.41, 5.74) is 0.491. The lowest BCUT2D eigenvalue weighted by Crippen LogP contribution is -2.15. The molecule has 1 N–H and O–H groups in total. The number of alkyl halides is 3. The van der Waals surface area contributed by atoms with E-state index in [1.54, 1.807) is 0 Å². The van der Waals surface area contributed by atoms with Gasteiger partial charge < -0.3 is 9.51 Å². The minimum Gasteiger partial charge on any atom is -0.329 e. The second kappa shape index (κ2) is 4.69. The Labute approximate surface area is 123 Å². The van der Waals surface area contributed by atoms with Gasteiger partial charge in [0.2, 0.25) is 5.82 Å². The summed E-state index contributed by atoms with van der Waals surface area (Å²) in [6.45, 7) is 4.18. The summed E-state index contributed by atoms with van der Waals surface area (Å²) in [5, 5.41) is 3.36. The summed E-state index contributed by atoms with van der Waals surface area (Å²) in [5.74, 6) is -1.31. The van der Waals surface area contributed by atoms with Crippen LogP contribution < -0.4 is 5.56 Å². The first kappa shape index (κ1) is 14.8. The molecule has 1 saturated carbocycles. The van der Waals surface area contributed by atoms with Crippen LogP contribution in [0.15, 0.2) is 21.6 Å². The van der Waals surface area contributed by atoms with E-state index in [4.69, 9.17) is 0 Å². The summed E-state index contributed by atoms with van der Waals surface area (Å²) < 4.78 is 41.9. The Kier molecular flexibility index (Phi) is 3.15. The van der Waals surface area contributed by atoms with Crippen molar-refractivity contribution in [2.45, 2.75) is 32.9 Å². The molecule has 22 heavy (non-hydrogen) atoms. The molecule has 1 unspecified atom stereocenters. The zero-order chi connectivity index (χ0) is 16.1. The van der Waals surface area contributed by atoms with Crippen molar-refractivity contribution in [3.8, 4) is 11.4 Å². The van der Waals surface area contributed by atoms with Gasteiger partial charge >= 0.3 is 12.1 Å². The third kappa shape index (κ3) is 2.65. The number of H-pyrrole nitrogens is 1. The molecule has 3 rings (SSSR count). The van der Waals surface area contributed by atoms with Gasteiger partial charge in [0, 0.05) is 17.3 Å². The Morgan fingerprint density at radius 3 is 2.68 bits per heavy atom. The Balaban J connectivity index is 1.99. The molecule has 1 aliphatic carbocycles. The first-order valence-electron chi connectivity index (χ1n) is 6.80. The fraction of sp³-hybridized carbons (Fsp3) is 0.500. The smallest absolute Gasteiger partial charge is 0.329 e. The van der Waals surface area contributed by atoms with Gasteiger partial charge in [-0.2, -0.15) is 18.2 Å². The van der Waals surface area contributed by atoms with Crippen LogP contribution in [0.1, 0.15) is 31.7 Å². The quantitative estimate of drug-likeness (QED) is 0.945. The molecular weight excluding hydrogens is 299 g/mol. The maximum Gasteiger partial charge on any atom is 0.471 e. The summed E-state index contributed by atoms with van der Waals surface area (Å²) in [7, 11) is 0. The zero-order valence-electron chi connectivity index (χ0n) is 12.0. The summed E-state index contributed by atoms with van der Waals surface area (Å²) in [6.07, 6.45) is -1.89. The first-order valence-corrected chi connectivity index (χ1v) is 6.80. The van der Waals surface area contributed by atoms with Crippen LogP contribution in [-0.4, -0.2) is 15.1 Å². The SMILES string of the molecule is CC1(C)CC1Cc1c(-c2noc(C(F)(F)F)n2)cc[nH]c1=O. The third-order valence-corrected chi connectivity index (χ3v) is 4.14. The van der Waals surface area contributed by atoms with Crippen LogP contribution in [-0.2, 0) is 12.6 Å². The van der Waals surface area contributed by atoms with Gasteiger partial charge in [-0.05, 0) is 30.2 Å². The number of hydrogen-bond acceptors (Lipinski definition) is 4.